The van der Waals surface area contributed by atoms with Crippen molar-refractivity contribution in [1.82, 2.24) is 0 Å². The molecule has 1 unspecified atom stereocenters. The Balaban J connectivity index is 2.21. The molecule has 2 N–H and O–H groups in total. The van der Waals surface area contributed by atoms with Gasteiger partial charge in [-0.05, 0) is 39.2 Å². The Kier molecular flexibility index (Phi) is 7.75. The molecule has 118 valence electrons. The summed E-state index contributed by atoms with van der Waals surface area (Å²) < 4.78 is 24.0. The van der Waals surface area contributed by atoms with Crippen LogP contribution in [0.3, 0.4) is 0 Å². The number of carbonyl (C=O) groups is 1. The van der Waals surface area contributed by atoms with Crippen LogP contribution in [-0.4, -0.2) is 19.2 Å². The number of nitrogens with two attached hydrogens (primary N) is 1. The van der Waals surface area contributed by atoms with E-state index in [4.69, 9.17) is 15.2 Å². The first-order chi connectivity index (χ1) is 10.0. The predicted molar refractivity (Wildman–Crippen MR) is 79.6 cm³/mol. The van der Waals surface area contributed by atoms with Crippen LogP contribution in [0, 0.1) is 5.82 Å². The van der Waals surface area contributed by atoms with Crippen molar-refractivity contribution in [3.8, 4) is 5.75 Å². The van der Waals surface area contributed by atoms with Gasteiger partial charge in [0, 0.05) is 24.1 Å². The van der Waals surface area contributed by atoms with Crippen LogP contribution in [0.2, 0.25) is 0 Å². The van der Waals surface area contributed by atoms with Crippen LogP contribution in [0.1, 0.15) is 51.1 Å². The zero-order chi connectivity index (χ0) is 15.7. The largest absolute Gasteiger partial charge is 0.493 e. The molecule has 0 aliphatic rings. The predicted octanol–water partition coefficient (Wildman–Crippen LogP) is 3.35. The number of halogens is 1. The van der Waals surface area contributed by atoms with Crippen molar-refractivity contribution >= 4 is 5.97 Å². The van der Waals surface area contributed by atoms with Gasteiger partial charge in [0.1, 0.15) is 11.6 Å². The summed E-state index contributed by atoms with van der Waals surface area (Å²) in [6.07, 6.45) is 2.90. The normalized spacial score (nSPS) is 12.0. The molecule has 0 fully saturated rings. The highest BCUT2D eigenvalue weighted by atomic mass is 19.1. The molecule has 0 saturated carbocycles. The minimum atomic E-state index is -0.343. The Labute approximate surface area is 125 Å². The van der Waals surface area contributed by atoms with Gasteiger partial charge in [-0.1, -0.05) is 6.07 Å². The van der Waals surface area contributed by atoms with Crippen LogP contribution in [0.25, 0.3) is 0 Å². The number of benzene rings is 1. The van der Waals surface area contributed by atoms with E-state index in [1.165, 1.54) is 6.07 Å². The molecular formula is C16H24FNO3. The van der Waals surface area contributed by atoms with E-state index in [0.29, 0.717) is 30.9 Å². The van der Waals surface area contributed by atoms with Gasteiger partial charge in [0.2, 0.25) is 0 Å². The SMILES string of the molecule is CCOC(=O)CCCCCOc1ccc(C(C)N)c(F)c1. The lowest BCUT2D eigenvalue weighted by Gasteiger charge is -2.10. The first-order valence-electron chi connectivity index (χ1n) is 7.38. The van der Waals surface area contributed by atoms with Crippen LogP contribution in [0.4, 0.5) is 4.39 Å². The minimum Gasteiger partial charge on any atom is -0.493 e. The molecule has 0 radical (unpaired) electrons. The molecule has 4 nitrogen and oxygen atoms in total. The van der Waals surface area contributed by atoms with E-state index >= 15 is 0 Å². The van der Waals surface area contributed by atoms with Gasteiger partial charge in [0.05, 0.1) is 13.2 Å². The van der Waals surface area contributed by atoms with Crippen molar-refractivity contribution in [1.29, 1.82) is 0 Å². The number of esters is 1. The Hall–Kier alpha value is -1.62. The molecule has 0 saturated heterocycles. The van der Waals surface area contributed by atoms with Crippen LogP contribution in [-0.2, 0) is 9.53 Å². The first kappa shape index (κ1) is 17.4. The molecular weight excluding hydrogens is 273 g/mol. The number of ether oxygens (including phenoxy) is 2. The highest BCUT2D eigenvalue weighted by molar-refractivity contribution is 5.69. The summed E-state index contributed by atoms with van der Waals surface area (Å²) in [5.74, 6) is -0.000846. The average molecular weight is 297 g/mol. The molecule has 0 bridgehead atoms. The Morgan fingerprint density at radius 2 is 2.10 bits per heavy atom. The molecule has 1 aromatic carbocycles. The van der Waals surface area contributed by atoms with Gasteiger partial charge in [-0.25, -0.2) is 4.39 Å². The molecule has 0 aliphatic heterocycles. The fourth-order valence-corrected chi connectivity index (χ4v) is 1.94. The van der Waals surface area contributed by atoms with Gasteiger partial charge >= 0.3 is 5.97 Å². The number of carbonyl (C=O) groups excluding carboxylic acids is 1. The lowest BCUT2D eigenvalue weighted by atomic mass is 10.1. The maximum atomic E-state index is 13.7. The van der Waals surface area contributed by atoms with Gasteiger partial charge < -0.3 is 15.2 Å². The number of unbranched alkanes of at least 4 members (excludes halogenated alkanes) is 2. The molecule has 0 aliphatic carbocycles. The summed E-state index contributed by atoms with van der Waals surface area (Å²) in [6, 6.07) is 4.40. The molecule has 0 heterocycles. The van der Waals surface area contributed by atoms with E-state index in [9.17, 15) is 9.18 Å². The lowest BCUT2D eigenvalue weighted by Crippen LogP contribution is -2.07. The third-order valence-electron chi connectivity index (χ3n) is 3.06. The molecule has 5 heteroatoms. The third kappa shape index (κ3) is 6.58. The topological polar surface area (TPSA) is 61.5 Å². The van der Waals surface area contributed by atoms with Gasteiger partial charge in [0.25, 0.3) is 0 Å². The fraction of sp³-hybridized carbons (Fsp3) is 0.562. The summed E-state index contributed by atoms with van der Waals surface area (Å²) in [5.41, 5.74) is 6.13. The zero-order valence-electron chi connectivity index (χ0n) is 12.7. The Morgan fingerprint density at radius 1 is 1.33 bits per heavy atom. The standard InChI is InChI=1S/C16H24FNO3/c1-3-20-16(19)7-5-4-6-10-21-13-8-9-14(12(2)18)15(17)11-13/h8-9,11-12H,3-7,10,18H2,1-2H3. The van der Waals surface area contributed by atoms with Crippen molar-refractivity contribution < 1.29 is 18.7 Å². The quantitative estimate of drug-likeness (QED) is 0.561. The molecule has 0 spiro atoms. The van der Waals surface area contributed by atoms with Gasteiger partial charge in [-0.15, -0.1) is 0 Å². The monoisotopic (exact) mass is 297 g/mol. The van der Waals surface area contributed by atoms with Crippen LogP contribution < -0.4 is 10.5 Å². The molecule has 1 atom stereocenters. The second-order valence-corrected chi connectivity index (χ2v) is 4.94. The van der Waals surface area contributed by atoms with Crippen LogP contribution in [0.15, 0.2) is 18.2 Å². The minimum absolute atomic E-state index is 0.160. The number of rotatable bonds is 9. The maximum absolute atomic E-state index is 13.7. The van der Waals surface area contributed by atoms with Crippen molar-refractivity contribution in [2.24, 2.45) is 5.73 Å². The Morgan fingerprint density at radius 3 is 2.71 bits per heavy atom. The molecule has 1 aromatic rings. The van der Waals surface area contributed by atoms with E-state index < -0.39 is 0 Å². The van der Waals surface area contributed by atoms with E-state index in [-0.39, 0.29) is 17.8 Å². The van der Waals surface area contributed by atoms with Gasteiger partial charge in [-0.3, -0.25) is 4.79 Å². The summed E-state index contributed by atoms with van der Waals surface area (Å²) in [5, 5.41) is 0. The highest BCUT2D eigenvalue weighted by Crippen LogP contribution is 2.20. The lowest BCUT2D eigenvalue weighted by molar-refractivity contribution is -0.143. The average Bonchev–Trinajstić information content (AvgIpc) is 2.42. The van der Waals surface area contributed by atoms with E-state index in [1.54, 1.807) is 26.0 Å². The summed E-state index contributed by atoms with van der Waals surface area (Å²) in [6.45, 7) is 4.45. The molecule has 21 heavy (non-hydrogen) atoms. The van der Waals surface area contributed by atoms with Gasteiger partial charge in [0.15, 0.2) is 0 Å². The molecule has 0 aromatic heterocycles. The highest BCUT2D eigenvalue weighted by Gasteiger charge is 2.08. The van der Waals surface area contributed by atoms with E-state index in [1.807, 2.05) is 0 Å². The number of hydrogen-bond acceptors (Lipinski definition) is 4. The molecule has 1 rings (SSSR count). The third-order valence-corrected chi connectivity index (χ3v) is 3.06. The van der Waals surface area contributed by atoms with E-state index in [0.717, 1.165) is 19.3 Å². The van der Waals surface area contributed by atoms with Crippen LogP contribution >= 0.6 is 0 Å². The van der Waals surface area contributed by atoms with Crippen LogP contribution in [0.5, 0.6) is 5.75 Å². The summed E-state index contributed by atoms with van der Waals surface area (Å²) in [7, 11) is 0. The van der Waals surface area contributed by atoms with Crippen molar-refractivity contribution in [3.63, 3.8) is 0 Å². The maximum Gasteiger partial charge on any atom is 0.305 e. The van der Waals surface area contributed by atoms with Crippen molar-refractivity contribution in [3.05, 3.63) is 29.6 Å². The summed E-state index contributed by atoms with van der Waals surface area (Å²) in [4.78, 5) is 11.1. The second-order valence-electron chi connectivity index (χ2n) is 4.94. The fourth-order valence-electron chi connectivity index (χ4n) is 1.94. The van der Waals surface area contributed by atoms with Crippen molar-refractivity contribution in [2.45, 2.75) is 45.6 Å². The Bertz CT molecular complexity index is 449. The molecule has 0 amide bonds. The number of hydrogen-bond donors (Lipinski definition) is 1. The van der Waals surface area contributed by atoms with Gasteiger partial charge in [-0.2, -0.15) is 0 Å². The first-order valence-corrected chi connectivity index (χ1v) is 7.38. The smallest absolute Gasteiger partial charge is 0.305 e. The second kappa shape index (κ2) is 9.34. The van der Waals surface area contributed by atoms with Crippen molar-refractivity contribution in [2.75, 3.05) is 13.2 Å². The summed E-state index contributed by atoms with van der Waals surface area (Å²) >= 11 is 0. The van der Waals surface area contributed by atoms with E-state index in [2.05, 4.69) is 0 Å². The zero-order valence-corrected chi connectivity index (χ0v) is 12.7.